The topological polar surface area (TPSA) is 62.2 Å². The Morgan fingerprint density at radius 1 is 1.53 bits per heavy atom. The lowest BCUT2D eigenvalue weighted by atomic mass is 10.2. The van der Waals surface area contributed by atoms with Crippen molar-refractivity contribution in [3.05, 3.63) is 39.6 Å². The number of carbonyl (C=O) groups is 1. The second-order valence-corrected chi connectivity index (χ2v) is 4.77. The summed E-state index contributed by atoms with van der Waals surface area (Å²) in [4.78, 5) is 14.7. The first-order valence-corrected chi connectivity index (χ1v) is 6.14. The summed E-state index contributed by atoms with van der Waals surface area (Å²) in [5.41, 5.74) is 0.102. The van der Waals surface area contributed by atoms with Crippen molar-refractivity contribution in [3.8, 4) is 0 Å². The molecule has 1 heterocycles. The Morgan fingerprint density at radius 2 is 2.29 bits per heavy atom. The monoisotopic (exact) mass is 316 g/mol. The summed E-state index contributed by atoms with van der Waals surface area (Å²) < 4.78 is 14.2. The predicted molar refractivity (Wildman–Crippen MR) is 66.5 cm³/mol. The van der Waals surface area contributed by atoms with Gasteiger partial charge in [-0.2, -0.15) is 0 Å². The minimum Gasteiger partial charge on any atom is -0.478 e. The molecule has 0 fully saturated rings. The van der Waals surface area contributed by atoms with E-state index in [0.29, 0.717) is 9.73 Å². The van der Waals surface area contributed by atoms with E-state index in [2.05, 4.69) is 26.2 Å². The zero-order valence-corrected chi connectivity index (χ0v) is 10.7. The van der Waals surface area contributed by atoms with E-state index in [1.807, 2.05) is 0 Å². The summed E-state index contributed by atoms with van der Waals surface area (Å²) in [7, 11) is 0. The molecule has 0 aliphatic heterocycles. The van der Waals surface area contributed by atoms with Crippen LogP contribution < -0.4 is 5.32 Å². The lowest BCUT2D eigenvalue weighted by molar-refractivity contribution is 0.0696. The van der Waals surface area contributed by atoms with Crippen LogP contribution in [0.15, 0.2) is 28.2 Å². The van der Waals surface area contributed by atoms with E-state index in [-0.39, 0.29) is 11.3 Å². The first-order valence-electron chi connectivity index (χ1n) is 4.47. The van der Waals surface area contributed by atoms with E-state index in [9.17, 15) is 9.18 Å². The van der Waals surface area contributed by atoms with Gasteiger partial charge in [0.05, 0.1) is 11.3 Å². The van der Waals surface area contributed by atoms with Crippen LogP contribution in [0.5, 0.6) is 0 Å². The van der Waals surface area contributed by atoms with E-state index in [4.69, 9.17) is 5.11 Å². The maximum atomic E-state index is 13.5. The average Bonchev–Trinajstić information content (AvgIpc) is 2.67. The zero-order valence-electron chi connectivity index (χ0n) is 8.28. The second kappa shape index (κ2) is 4.80. The second-order valence-electron chi connectivity index (χ2n) is 3.10. The molecule has 88 valence electrons. The number of halogens is 2. The summed E-state index contributed by atoms with van der Waals surface area (Å²) >= 11 is 4.49. The standard InChI is InChI=1S/C10H6BrFN2O2S/c11-8-4-17-10(14-8)13-7-2-1-5(9(15)16)3-6(7)12/h1-4H,(H,13,14)(H,15,16). The van der Waals surface area contributed by atoms with Crippen LogP contribution in [0.4, 0.5) is 15.2 Å². The van der Waals surface area contributed by atoms with Gasteiger partial charge in [-0.05, 0) is 34.1 Å². The summed E-state index contributed by atoms with van der Waals surface area (Å²) in [6.07, 6.45) is 0. The zero-order chi connectivity index (χ0) is 12.4. The quantitative estimate of drug-likeness (QED) is 0.910. The third kappa shape index (κ3) is 2.80. The highest BCUT2D eigenvalue weighted by atomic mass is 79.9. The summed E-state index contributed by atoms with van der Waals surface area (Å²) in [5.74, 6) is -1.79. The summed E-state index contributed by atoms with van der Waals surface area (Å²) in [6, 6.07) is 3.66. The maximum absolute atomic E-state index is 13.5. The van der Waals surface area contributed by atoms with E-state index in [1.54, 1.807) is 5.38 Å². The minimum atomic E-state index is -1.16. The average molecular weight is 317 g/mol. The van der Waals surface area contributed by atoms with E-state index >= 15 is 0 Å². The first-order chi connectivity index (χ1) is 8.06. The van der Waals surface area contributed by atoms with Gasteiger partial charge in [0.25, 0.3) is 0 Å². The van der Waals surface area contributed by atoms with Crippen LogP contribution in [0.25, 0.3) is 0 Å². The normalized spacial score (nSPS) is 10.2. The van der Waals surface area contributed by atoms with E-state index < -0.39 is 11.8 Å². The Bertz CT molecular complexity index is 573. The molecule has 0 unspecified atom stereocenters. The molecule has 4 nitrogen and oxygen atoms in total. The number of carboxylic acids is 1. The number of aromatic nitrogens is 1. The lowest BCUT2D eigenvalue weighted by Gasteiger charge is -2.04. The van der Waals surface area contributed by atoms with Crippen LogP contribution in [0.3, 0.4) is 0 Å². The van der Waals surface area contributed by atoms with Crippen molar-refractivity contribution in [1.29, 1.82) is 0 Å². The highest BCUT2D eigenvalue weighted by Crippen LogP contribution is 2.25. The van der Waals surface area contributed by atoms with Gasteiger partial charge in [-0.1, -0.05) is 0 Å². The largest absolute Gasteiger partial charge is 0.478 e. The number of hydrogen-bond acceptors (Lipinski definition) is 4. The van der Waals surface area contributed by atoms with Crippen molar-refractivity contribution in [2.45, 2.75) is 0 Å². The van der Waals surface area contributed by atoms with Crippen molar-refractivity contribution in [3.63, 3.8) is 0 Å². The molecule has 0 amide bonds. The third-order valence-electron chi connectivity index (χ3n) is 1.93. The molecular weight excluding hydrogens is 311 g/mol. The van der Waals surface area contributed by atoms with Gasteiger partial charge in [0, 0.05) is 5.38 Å². The number of nitrogens with one attached hydrogen (secondary N) is 1. The van der Waals surface area contributed by atoms with Crippen LogP contribution in [-0.2, 0) is 0 Å². The molecule has 0 saturated carbocycles. The Hall–Kier alpha value is -1.47. The van der Waals surface area contributed by atoms with Crippen LogP contribution in [0, 0.1) is 5.82 Å². The molecule has 1 aromatic heterocycles. The van der Waals surface area contributed by atoms with Gasteiger partial charge in [-0.3, -0.25) is 0 Å². The lowest BCUT2D eigenvalue weighted by Crippen LogP contribution is -1.99. The molecule has 0 aliphatic carbocycles. The van der Waals surface area contributed by atoms with Crippen molar-refractivity contribution in [1.82, 2.24) is 4.98 Å². The van der Waals surface area contributed by atoms with Gasteiger partial charge in [0.2, 0.25) is 0 Å². The fraction of sp³-hybridized carbons (Fsp3) is 0. The molecule has 7 heteroatoms. The number of nitrogens with zero attached hydrogens (tertiary/aromatic N) is 1. The van der Waals surface area contributed by atoms with Crippen molar-refractivity contribution >= 4 is 44.1 Å². The van der Waals surface area contributed by atoms with Gasteiger partial charge in [-0.25, -0.2) is 14.2 Å². The molecule has 0 radical (unpaired) electrons. The van der Waals surface area contributed by atoms with E-state index in [1.165, 1.54) is 23.5 Å². The van der Waals surface area contributed by atoms with Crippen molar-refractivity contribution in [2.75, 3.05) is 5.32 Å². The Kier molecular flexibility index (Phi) is 3.39. The van der Waals surface area contributed by atoms with E-state index in [0.717, 1.165) is 6.07 Å². The van der Waals surface area contributed by atoms with Gasteiger partial charge in [-0.15, -0.1) is 11.3 Å². The molecule has 0 aliphatic rings. The number of benzene rings is 1. The van der Waals surface area contributed by atoms with Gasteiger partial charge in [0.15, 0.2) is 5.13 Å². The molecule has 2 rings (SSSR count). The predicted octanol–water partition coefficient (Wildman–Crippen LogP) is 3.49. The molecule has 17 heavy (non-hydrogen) atoms. The maximum Gasteiger partial charge on any atom is 0.335 e. The smallest absolute Gasteiger partial charge is 0.335 e. The Labute approximate surface area is 108 Å². The van der Waals surface area contributed by atoms with Gasteiger partial charge in [0.1, 0.15) is 10.4 Å². The Morgan fingerprint density at radius 3 is 2.82 bits per heavy atom. The highest BCUT2D eigenvalue weighted by molar-refractivity contribution is 9.10. The van der Waals surface area contributed by atoms with Crippen LogP contribution in [0.1, 0.15) is 10.4 Å². The summed E-state index contributed by atoms with van der Waals surface area (Å²) in [6.45, 7) is 0. The summed E-state index contributed by atoms with van der Waals surface area (Å²) in [5, 5.41) is 13.7. The van der Waals surface area contributed by atoms with Crippen LogP contribution >= 0.6 is 27.3 Å². The Balaban J connectivity index is 2.25. The minimum absolute atomic E-state index is 0.0895. The van der Waals surface area contributed by atoms with Gasteiger partial charge < -0.3 is 10.4 Å². The number of hydrogen-bond donors (Lipinski definition) is 2. The SMILES string of the molecule is O=C(O)c1ccc(Nc2nc(Br)cs2)c(F)c1. The fourth-order valence-electron chi connectivity index (χ4n) is 1.18. The highest BCUT2D eigenvalue weighted by Gasteiger charge is 2.09. The molecular formula is C10H6BrFN2O2S. The van der Waals surface area contributed by atoms with Crippen molar-refractivity contribution < 1.29 is 14.3 Å². The number of anilines is 2. The number of carboxylic acid groups (broad SMARTS) is 1. The van der Waals surface area contributed by atoms with Crippen LogP contribution in [0.2, 0.25) is 0 Å². The van der Waals surface area contributed by atoms with Gasteiger partial charge >= 0.3 is 5.97 Å². The first kappa shape index (κ1) is 12.0. The third-order valence-corrected chi connectivity index (χ3v) is 3.40. The molecule has 0 saturated heterocycles. The molecule has 2 N–H and O–H groups in total. The van der Waals surface area contributed by atoms with Crippen molar-refractivity contribution in [2.24, 2.45) is 0 Å². The molecule has 0 bridgehead atoms. The number of aromatic carboxylic acids is 1. The molecule has 0 spiro atoms. The molecule has 2 aromatic rings. The molecule has 0 atom stereocenters. The van der Waals surface area contributed by atoms with Crippen LogP contribution in [-0.4, -0.2) is 16.1 Å². The fourth-order valence-corrected chi connectivity index (χ4v) is 2.33. The number of rotatable bonds is 3. The number of thiazole rings is 1. The molecule has 1 aromatic carbocycles.